The van der Waals surface area contributed by atoms with Crippen LogP contribution >= 0.6 is 11.3 Å². The zero-order valence-electron chi connectivity index (χ0n) is 11.0. The minimum Gasteiger partial charge on any atom is -0.355 e. The first-order chi connectivity index (χ1) is 8.90. The number of sulfonamides is 1. The number of thiophene rings is 1. The Kier molecular flexibility index (Phi) is 4.27. The predicted octanol–water partition coefficient (Wildman–Crippen LogP) is 1.31. The normalized spacial score (nSPS) is 20.9. The molecule has 2 rings (SSSR count). The fourth-order valence-corrected chi connectivity index (χ4v) is 4.96. The van der Waals surface area contributed by atoms with Crippen molar-refractivity contribution in [3.8, 4) is 0 Å². The average molecular weight is 302 g/mol. The van der Waals surface area contributed by atoms with E-state index < -0.39 is 16.1 Å². The van der Waals surface area contributed by atoms with Gasteiger partial charge in [0.25, 0.3) is 0 Å². The van der Waals surface area contributed by atoms with Gasteiger partial charge in [-0.3, -0.25) is 4.79 Å². The number of hydrogen-bond acceptors (Lipinski definition) is 4. The van der Waals surface area contributed by atoms with E-state index in [9.17, 15) is 13.2 Å². The van der Waals surface area contributed by atoms with E-state index in [1.807, 2.05) is 6.92 Å². The Balaban J connectivity index is 2.21. The predicted molar refractivity (Wildman–Crippen MR) is 74.8 cm³/mol. The van der Waals surface area contributed by atoms with E-state index in [0.29, 0.717) is 13.0 Å². The summed E-state index contributed by atoms with van der Waals surface area (Å²) in [5.41, 5.74) is 0. The fraction of sp³-hybridized carbons (Fsp3) is 0.583. The van der Waals surface area contributed by atoms with Crippen molar-refractivity contribution in [2.45, 2.75) is 44.0 Å². The molecule has 1 fully saturated rings. The third-order valence-corrected chi connectivity index (χ3v) is 5.81. The minimum atomic E-state index is -3.62. The van der Waals surface area contributed by atoms with Gasteiger partial charge in [-0.15, -0.1) is 11.3 Å². The van der Waals surface area contributed by atoms with Crippen LogP contribution in [-0.2, 0) is 14.8 Å². The second kappa shape index (κ2) is 5.60. The largest absolute Gasteiger partial charge is 0.355 e. The fourth-order valence-electron chi connectivity index (χ4n) is 2.18. The molecule has 7 heteroatoms. The summed E-state index contributed by atoms with van der Waals surface area (Å²) in [6.45, 7) is 4.27. The summed E-state index contributed by atoms with van der Waals surface area (Å²) in [5, 5.41) is 2.73. The number of rotatable bonds is 3. The number of carbonyl (C=O) groups excluding carboxylic acids is 1. The lowest BCUT2D eigenvalue weighted by Crippen LogP contribution is -2.45. The van der Waals surface area contributed by atoms with Crippen LogP contribution in [0.1, 0.15) is 29.0 Å². The van der Waals surface area contributed by atoms with Gasteiger partial charge in [-0.25, -0.2) is 8.42 Å². The molecule has 1 saturated heterocycles. The molecule has 1 aromatic rings. The second-order valence-corrected chi connectivity index (χ2v) is 7.88. The van der Waals surface area contributed by atoms with E-state index in [2.05, 4.69) is 10.0 Å². The first-order valence-corrected chi connectivity index (χ1v) is 8.57. The van der Waals surface area contributed by atoms with E-state index >= 15 is 0 Å². The summed E-state index contributed by atoms with van der Waals surface area (Å²) in [7, 11) is -3.62. The van der Waals surface area contributed by atoms with E-state index in [1.165, 1.54) is 11.3 Å². The minimum absolute atomic E-state index is 0.231. The molecule has 1 amide bonds. The maximum Gasteiger partial charge on any atom is 0.242 e. The molecule has 0 aliphatic carbocycles. The molecular formula is C12H18N2O3S2. The van der Waals surface area contributed by atoms with E-state index in [0.717, 1.165) is 22.6 Å². The van der Waals surface area contributed by atoms with Crippen LogP contribution < -0.4 is 10.0 Å². The summed E-state index contributed by atoms with van der Waals surface area (Å²) < 4.78 is 27.1. The summed E-state index contributed by atoms with van der Waals surface area (Å²) in [5.74, 6) is -0.231. The summed E-state index contributed by atoms with van der Waals surface area (Å²) in [6.07, 6.45) is 2.28. The van der Waals surface area contributed by atoms with Crippen LogP contribution in [0.5, 0.6) is 0 Å². The highest BCUT2D eigenvalue weighted by Crippen LogP contribution is 2.25. The third-order valence-electron chi connectivity index (χ3n) is 3.12. The Morgan fingerprint density at radius 1 is 1.37 bits per heavy atom. The number of amides is 1. The summed E-state index contributed by atoms with van der Waals surface area (Å²) in [6, 6.07) is 0.990. The topological polar surface area (TPSA) is 75.3 Å². The van der Waals surface area contributed by atoms with Crippen molar-refractivity contribution in [1.82, 2.24) is 10.0 Å². The smallest absolute Gasteiger partial charge is 0.242 e. The SMILES string of the molecule is Cc1cc(S(=O)(=O)NC2CCCCNC2=O)c(C)s1. The van der Waals surface area contributed by atoms with Crippen molar-refractivity contribution >= 4 is 27.3 Å². The standard InChI is InChI=1S/C12H18N2O3S2/c1-8-7-11(9(2)18-8)19(16,17)14-10-5-3-4-6-13-12(10)15/h7,10,14H,3-6H2,1-2H3,(H,13,15). The first-order valence-electron chi connectivity index (χ1n) is 6.27. The monoisotopic (exact) mass is 302 g/mol. The molecule has 0 radical (unpaired) electrons. The molecule has 2 heterocycles. The van der Waals surface area contributed by atoms with Gasteiger partial charge < -0.3 is 5.32 Å². The molecule has 2 N–H and O–H groups in total. The zero-order valence-corrected chi connectivity index (χ0v) is 12.7. The third kappa shape index (κ3) is 3.34. The van der Waals surface area contributed by atoms with Crippen molar-refractivity contribution in [3.05, 3.63) is 15.8 Å². The highest BCUT2D eigenvalue weighted by molar-refractivity contribution is 7.89. The lowest BCUT2D eigenvalue weighted by atomic mass is 10.1. The molecule has 0 spiro atoms. The van der Waals surface area contributed by atoms with Gasteiger partial charge in [0, 0.05) is 16.3 Å². The number of carbonyl (C=O) groups is 1. The van der Waals surface area contributed by atoms with Crippen LogP contribution in [-0.4, -0.2) is 26.9 Å². The Hall–Kier alpha value is -0.920. The van der Waals surface area contributed by atoms with Gasteiger partial charge in [-0.1, -0.05) is 0 Å². The van der Waals surface area contributed by atoms with Gasteiger partial charge in [0.1, 0.15) is 6.04 Å². The molecule has 1 aliphatic heterocycles. The van der Waals surface area contributed by atoms with Gasteiger partial charge in [0.15, 0.2) is 0 Å². The van der Waals surface area contributed by atoms with Crippen molar-refractivity contribution in [1.29, 1.82) is 0 Å². The number of aryl methyl sites for hydroxylation is 2. The van der Waals surface area contributed by atoms with Crippen molar-refractivity contribution in [2.75, 3.05) is 6.54 Å². The lowest BCUT2D eigenvalue weighted by molar-refractivity contribution is -0.122. The van der Waals surface area contributed by atoms with E-state index in [1.54, 1.807) is 13.0 Å². The summed E-state index contributed by atoms with van der Waals surface area (Å²) >= 11 is 1.44. The Morgan fingerprint density at radius 2 is 2.11 bits per heavy atom. The van der Waals surface area contributed by atoms with Gasteiger partial charge in [0.2, 0.25) is 15.9 Å². The second-order valence-electron chi connectivity index (χ2n) is 4.74. The van der Waals surface area contributed by atoms with E-state index in [4.69, 9.17) is 0 Å². The number of hydrogen-bond donors (Lipinski definition) is 2. The van der Waals surface area contributed by atoms with Crippen molar-refractivity contribution in [2.24, 2.45) is 0 Å². The summed E-state index contributed by atoms with van der Waals surface area (Å²) in [4.78, 5) is 13.8. The Morgan fingerprint density at radius 3 is 2.74 bits per heavy atom. The molecule has 0 bridgehead atoms. The van der Waals surface area contributed by atoms with Crippen molar-refractivity contribution < 1.29 is 13.2 Å². The molecule has 19 heavy (non-hydrogen) atoms. The maximum atomic E-state index is 12.3. The molecular weight excluding hydrogens is 284 g/mol. The van der Waals surface area contributed by atoms with Gasteiger partial charge in [0.05, 0.1) is 4.90 Å². The molecule has 5 nitrogen and oxygen atoms in total. The molecule has 0 saturated carbocycles. The van der Waals surface area contributed by atoms with Crippen LogP contribution in [0.15, 0.2) is 11.0 Å². The molecule has 106 valence electrons. The van der Waals surface area contributed by atoms with Crippen LogP contribution in [0.3, 0.4) is 0 Å². The zero-order chi connectivity index (χ0) is 14.0. The number of nitrogens with one attached hydrogen (secondary N) is 2. The van der Waals surface area contributed by atoms with Crippen LogP contribution in [0.2, 0.25) is 0 Å². The molecule has 0 aromatic carbocycles. The van der Waals surface area contributed by atoms with Gasteiger partial charge >= 0.3 is 0 Å². The highest BCUT2D eigenvalue weighted by atomic mass is 32.2. The van der Waals surface area contributed by atoms with Gasteiger partial charge in [-0.05, 0) is 39.2 Å². The van der Waals surface area contributed by atoms with Crippen LogP contribution in [0, 0.1) is 13.8 Å². The maximum absolute atomic E-state index is 12.3. The van der Waals surface area contributed by atoms with Crippen molar-refractivity contribution in [3.63, 3.8) is 0 Å². The molecule has 1 unspecified atom stereocenters. The Labute approximate surface area is 117 Å². The Bertz CT molecular complexity index is 578. The highest BCUT2D eigenvalue weighted by Gasteiger charge is 2.28. The van der Waals surface area contributed by atoms with E-state index in [-0.39, 0.29) is 10.8 Å². The average Bonchev–Trinajstić information content (AvgIpc) is 2.54. The van der Waals surface area contributed by atoms with Gasteiger partial charge in [-0.2, -0.15) is 4.72 Å². The molecule has 1 atom stereocenters. The molecule has 1 aromatic heterocycles. The molecule has 1 aliphatic rings. The van der Waals surface area contributed by atoms with Crippen LogP contribution in [0.25, 0.3) is 0 Å². The van der Waals surface area contributed by atoms with Crippen LogP contribution in [0.4, 0.5) is 0 Å². The quantitative estimate of drug-likeness (QED) is 0.884. The lowest BCUT2D eigenvalue weighted by Gasteiger charge is -2.15. The first kappa shape index (κ1) is 14.5.